The van der Waals surface area contributed by atoms with E-state index in [-0.39, 0.29) is 6.04 Å². The molecule has 2 rings (SSSR count). The van der Waals surface area contributed by atoms with E-state index in [1.54, 1.807) is 12.1 Å². The largest absolute Gasteiger partial charge is 0.508 e. The molecule has 1 heterocycles. The molecule has 2 nitrogen and oxygen atoms in total. The van der Waals surface area contributed by atoms with Crippen molar-refractivity contribution in [3.63, 3.8) is 0 Å². The van der Waals surface area contributed by atoms with Crippen LogP contribution in [0.3, 0.4) is 0 Å². The third-order valence-corrected chi connectivity index (χ3v) is 4.14. The van der Waals surface area contributed by atoms with E-state index in [9.17, 15) is 5.11 Å². The van der Waals surface area contributed by atoms with Crippen molar-refractivity contribution in [1.29, 1.82) is 0 Å². The Hall–Kier alpha value is -1.32. The second-order valence-corrected chi connectivity index (χ2v) is 5.42. The molecule has 1 aromatic carbocycles. The lowest BCUT2D eigenvalue weighted by molar-refractivity contribution is 0.474. The molecule has 3 heteroatoms. The topological polar surface area (TPSA) is 32.3 Å². The minimum atomic E-state index is 0.289. The highest BCUT2D eigenvalue weighted by Gasteiger charge is 2.07. The normalized spacial score (nSPS) is 12.6. The van der Waals surface area contributed by atoms with E-state index in [1.165, 1.54) is 16.0 Å². The summed E-state index contributed by atoms with van der Waals surface area (Å²) in [5.41, 5.74) is 2.63. The summed E-state index contributed by atoms with van der Waals surface area (Å²) < 4.78 is 0. The Morgan fingerprint density at radius 3 is 2.61 bits per heavy atom. The maximum absolute atomic E-state index is 9.27. The SMILES string of the molecule is CCc1ccsc1CNC(C)c1ccc(O)cc1. The summed E-state index contributed by atoms with van der Waals surface area (Å²) in [5, 5.41) is 14.9. The lowest BCUT2D eigenvalue weighted by atomic mass is 10.1. The second kappa shape index (κ2) is 6.03. The molecule has 2 aromatic rings. The maximum Gasteiger partial charge on any atom is 0.115 e. The highest BCUT2D eigenvalue weighted by Crippen LogP contribution is 2.20. The minimum Gasteiger partial charge on any atom is -0.508 e. The van der Waals surface area contributed by atoms with Crippen molar-refractivity contribution in [2.24, 2.45) is 0 Å². The van der Waals surface area contributed by atoms with E-state index in [4.69, 9.17) is 0 Å². The number of rotatable bonds is 5. The zero-order valence-electron chi connectivity index (χ0n) is 10.8. The Bertz CT molecular complexity index is 489. The van der Waals surface area contributed by atoms with E-state index < -0.39 is 0 Å². The fourth-order valence-corrected chi connectivity index (χ4v) is 2.89. The van der Waals surface area contributed by atoms with Gasteiger partial charge in [-0.25, -0.2) is 0 Å². The molecular weight excluding hydrogens is 242 g/mol. The third kappa shape index (κ3) is 3.12. The number of hydrogen-bond acceptors (Lipinski definition) is 3. The first-order valence-electron chi connectivity index (χ1n) is 6.28. The van der Waals surface area contributed by atoms with E-state index >= 15 is 0 Å². The quantitative estimate of drug-likeness (QED) is 0.856. The van der Waals surface area contributed by atoms with Crippen LogP contribution in [0, 0.1) is 0 Å². The molecule has 0 spiro atoms. The number of phenolic OH excluding ortho intramolecular Hbond substituents is 1. The molecule has 0 amide bonds. The Kier molecular flexibility index (Phi) is 4.39. The molecule has 0 aliphatic rings. The van der Waals surface area contributed by atoms with Crippen molar-refractivity contribution >= 4 is 11.3 Å². The minimum absolute atomic E-state index is 0.289. The summed E-state index contributed by atoms with van der Waals surface area (Å²) >= 11 is 1.81. The molecule has 0 saturated heterocycles. The molecule has 1 atom stereocenters. The van der Waals surface area contributed by atoms with E-state index in [2.05, 4.69) is 30.6 Å². The van der Waals surface area contributed by atoms with Gasteiger partial charge in [-0.05, 0) is 48.1 Å². The van der Waals surface area contributed by atoms with Crippen LogP contribution in [0.1, 0.15) is 35.9 Å². The molecule has 0 bridgehead atoms. The number of aryl methyl sites for hydroxylation is 1. The Balaban J connectivity index is 1.96. The molecule has 0 aliphatic carbocycles. The van der Waals surface area contributed by atoms with Gasteiger partial charge in [-0.15, -0.1) is 11.3 Å². The average molecular weight is 261 g/mol. The van der Waals surface area contributed by atoms with E-state index in [1.807, 2.05) is 23.5 Å². The van der Waals surface area contributed by atoms with Crippen molar-refractivity contribution in [3.05, 3.63) is 51.7 Å². The smallest absolute Gasteiger partial charge is 0.115 e. The lowest BCUT2D eigenvalue weighted by Crippen LogP contribution is -2.17. The molecule has 0 fully saturated rings. The molecule has 0 aliphatic heterocycles. The van der Waals surface area contributed by atoms with Gasteiger partial charge in [-0.2, -0.15) is 0 Å². The number of thiophene rings is 1. The first kappa shape index (κ1) is 13.1. The van der Waals surface area contributed by atoms with Gasteiger partial charge in [0.15, 0.2) is 0 Å². The van der Waals surface area contributed by atoms with Crippen molar-refractivity contribution in [2.75, 3.05) is 0 Å². The lowest BCUT2D eigenvalue weighted by Gasteiger charge is -2.14. The maximum atomic E-state index is 9.27. The summed E-state index contributed by atoms with van der Waals surface area (Å²) in [6, 6.07) is 9.88. The summed E-state index contributed by atoms with van der Waals surface area (Å²) in [6.45, 7) is 5.24. The first-order chi connectivity index (χ1) is 8.70. The third-order valence-electron chi connectivity index (χ3n) is 3.18. The zero-order valence-corrected chi connectivity index (χ0v) is 11.6. The van der Waals surface area contributed by atoms with E-state index in [0.717, 1.165) is 13.0 Å². The van der Waals surface area contributed by atoms with Crippen LogP contribution in [0.15, 0.2) is 35.7 Å². The number of benzene rings is 1. The highest BCUT2D eigenvalue weighted by atomic mass is 32.1. The predicted octanol–water partition coefficient (Wildman–Crippen LogP) is 3.87. The van der Waals surface area contributed by atoms with Gasteiger partial charge in [-0.3, -0.25) is 0 Å². The van der Waals surface area contributed by atoms with Crippen LogP contribution >= 0.6 is 11.3 Å². The van der Waals surface area contributed by atoms with Gasteiger partial charge >= 0.3 is 0 Å². The molecule has 18 heavy (non-hydrogen) atoms. The Morgan fingerprint density at radius 1 is 1.22 bits per heavy atom. The molecule has 1 aromatic heterocycles. The van der Waals surface area contributed by atoms with Gasteiger partial charge in [0.25, 0.3) is 0 Å². The van der Waals surface area contributed by atoms with Crippen molar-refractivity contribution < 1.29 is 5.11 Å². The molecule has 0 radical (unpaired) electrons. The second-order valence-electron chi connectivity index (χ2n) is 4.42. The average Bonchev–Trinajstić information content (AvgIpc) is 2.84. The van der Waals surface area contributed by atoms with Crippen molar-refractivity contribution in [3.8, 4) is 5.75 Å². The molecule has 96 valence electrons. The molecule has 2 N–H and O–H groups in total. The van der Waals surface area contributed by atoms with Crippen LogP contribution in [0.5, 0.6) is 5.75 Å². The first-order valence-corrected chi connectivity index (χ1v) is 7.16. The van der Waals surface area contributed by atoms with E-state index in [0.29, 0.717) is 5.75 Å². The van der Waals surface area contributed by atoms with Crippen molar-refractivity contribution in [2.45, 2.75) is 32.9 Å². The number of phenols is 1. The zero-order chi connectivity index (χ0) is 13.0. The summed E-state index contributed by atoms with van der Waals surface area (Å²) in [6.07, 6.45) is 1.09. The molecule has 0 saturated carbocycles. The van der Waals surface area contributed by atoms with Crippen molar-refractivity contribution in [1.82, 2.24) is 5.32 Å². The van der Waals surface area contributed by atoms with Gasteiger partial charge in [0.2, 0.25) is 0 Å². The molecule has 1 unspecified atom stereocenters. The van der Waals surface area contributed by atoms with Crippen LogP contribution in [0.4, 0.5) is 0 Å². The van der Waals surface area contributed by atoms with Crippen LogP contribution in [-0.2, 0) is 13.0 Å². The Labute approximate surface area is 112 Å². The monoisotopic (exact) mass is 261 g/mol. The van der Waals surface area contributed by atoms with Crippen LogP contribution in [-0.4, -0.2) is 5.11 Å². The van der Waals surface area contributed by atoms with Gasteiger partial charge in [-0.1, -0.05) is 19.1 Å². The summed E-state index contributed by atoms with van der Waals surface area (Å²) in [5.74, 6) is 0.317. The number of aromatic hydroxyl groups is 1. The summed E-state index contributed by atoms with van der Waals surface area (Å²) in [7, 11) is 0. The fraction of sp³-hybridized carbons (Fsp3) is 0.333. The van der Waals surface area contributed by atoms with Crippen LogP contribution in [0.2, 0.25) is 0 Å². The van der Waals surface area contributed by atoms with Gasteiger partial charge in [0, 0.05) is 17.5 Å². The Morgan fingerprint density at radius 2 is 1.94 bits per heavy atom. The number of nitrogens with one attached hydrogen (secondary N) is 1. The fourth-order valence-electron chi connectivity index (χ4n) is 1.96. The molecular formula is C15H19NOS. The van der Waals surface area contributed by atoms with Crippen LogP contribution in [0.25, 0.3) is 0 Å². The highest BCUT2D eigenvalue weighted by molar-refractivity contribution is 7.10. The van der Waals surface area contributed by atoms with Crippen LogP contribution < -0.4 is 5.32 Å². The number of hydrogen-bond donors (Lipinski definition) is 2. The predicted molar refractivity (Wildman–Crippen MR) is 77.1 cm³/mol. The van der Waals surface area contributed by atoms with Gasteiger partial charge in [0.05, 0.1) is 0 Å². The van der Waals surface area contributed by atoms with Gasteiger partial charge in [0.1, 0.15) is 5.75 Å². The van der Waals surface area contributed by atoms with Gasteiger partial charge < -0.3 is 10.4 Å². The summed E-state index contributed by atoms with van der Waals surface area (Å²) in [4.78, 5) is 1.42. The standard InChI is InChI=1S/C15H19NOS/c1-3-12-8-9-18-15(12)10-16-11(2)13-4-6-14(17)7-5-13/h4-9,11,16-17H,3,10H2,1-2H3.